The molecule has 0 fully saturated rings. The molecule has 82 valence electrons. The van der Waals surface area contributed by atoms with Gasteiger partial charge in [0.05, 0.1) is 13.2 Å². The van der Waals surface area contributed by atoms with Crippen molar-refractivity contribution in [3.8, 4) is 0 Å². The van der Waals surface area contributed by atoms with E-state index >= 15 is 0 Å². The first kappa shape index (κ1) is 15.3. The van der Waals surface area contributed by atoms with Gasteiger partial charge in [-0.15, -0.1) is 0 Å². The van der Waals surface area contributed by atoms with E-state index < -0.39 is 0 Å². The lowest BCUT2D eigenvalue weighted by Crippen LogP contribution is -2.08. The van der Waals surface area contributed by atoms with E-state index in [1.54, 1.807) is 0 Å². The van der Waals surface area contributed by atoms with Crippen molar-refractivity contribution >= 4 is 0 Å². The van der Waals surface area contributed by atoms with Gasteiger partial charge in [-0.25, -0.2) is 0 Å². The van der Waals surface area contributed by atoms with Crippen LogP contribution in [0.5, 0.6) is 0 Å². The maximum atomic E-state index is 5.14. The number of hydrogen-bond acceptors (Lipinski definition) is 4. The Hall–Kier alpha value is -0.160. The fraction of sp³-hybridized carbons (Fsp3) is 1.00. The largest absolute Gasteiger partial charge is 0.380 e. The monoisotopic (exact) mass is 192 g/mol. The van der Waals surface area contributed by atoms with Crippen molar-refractivity contribution < 1.29 is 9.47 Å². The number of rotatable bonds is 7. The highest BCUT2D eigenvalue weighted by Gasteiger charge is 1.78. The van der Waals surface area contributed by atoms with Crippen LogP contribution in [0.2, 0.25) is 0 Å². The molecule has 0 saturated heterocycles. The van der Waals surface area contributed by atoms with E-state index in [1.165, 1.54) is 0 Å². The topological polar surface area (TPSA) is 70.5 Å². The number of hydrogen-bond donors (Lipinski definition) is 2. The van der Waals surface area contributed by atoms with Gasteiger partial charge in [0, 0.05) is 26.3 Å². The van der Waals surface area contributed by atoms with E-state index in [0.717, 1.165) is 19.6 Å². The van der Waals surface area contributed by atoms with Crippen molar-refractivity contribution in [2.45, 2.75) is 20.3 Å². The summed E-state index contributed by atoms with van der Waals surface area (Å²) in [6.07, 6.45) is 1.08. The second-order valence-electron chi connectivity index (χ2n) is 2.39. The molecule has 0 aromatic carbocycles. The summed E-state index contributed by atoms with van der Waals surface area (Å²) in [5.41, 5.74) is 10.2. The van der Waals surface area contributed by atoms with Gasteiger partial charge in [0.25, 0.3) is 0 Å². The molecule has 4 heteroatoms. The van der Waals surface area contributed by atoms with Gasteiger partial charge in [0.1, 0.15) is 0 Å². The van der Waals surface area contributed by atoms with Gasteiger partial charge >= 0.3 is 0 Å². The molecule has 0 unspecified atom stereocenters. The Balaban J connectivity index is 0. The quantitative estimate of drug-likeness (QED) is 0.571. The molecule has 0 amide bonds. The molecule has 0 aliphatic rings. The fourth-order valence-corrected chi connectivity index (χ4v) is 0.557. The lowest BCUT2D eigenvalue weighted by molar-refractivity contribution is 0.142. The third-order valence-electron chi connectivity index (χ3n) is 1.08. The zero-order valence-electron chi connectivity index (χ0n) is 8.92. The average Bonchev–Trinajstić information content (AvgIpc) is 2.17. The molecule has 4 N–H and O–H groups in total. The predicted molar refractivity (Wildman–Crippen MR) is 55.7 cm³/mol. The fourth-order valence-electron chi connectivity index (χ4n) is 0.557. The van der Waals surface area contributed by atoms with Crippen molar-refractivity contribution in [1.29, 1.82) is 0 Å². The summed E-state index contributed by atoms with van der Waals surface area (Å²) in [4.78, 5) is 0. The van der Waals surface area contributed by atoms with Gasteiger partial charge in [0.2, 0.25) is 0 Å². The summed E-state index contributed by atoms with van der Waals surface area (Å²) >= 11 is 0. The molecule has 0 rings (SSSR count). The Morgan fingerprint density at radius 3 is 1.69 bits per heavy atom. The van der Waals surface area contributed by atoms with Crippen molar-refractivity contribution in [2.24, 2.45) is 11.5 Å². The minimum Gasteiger partial charge on any atom is -0.380 e. The molecule has 13 heavy (non-hydrogen) atoms. The molecular weight excluding hydrogens is 168 g/mol. The van der Waals surface area contributed by atoms with E-state index in [2.05, 4.69) is 6.92 Å². The second-order valence-corrected chi connectivity index (χ2v) is 2.39. The van der Waals surface area contributed by atoms with Gasteiger partial charge in [-0.05, 0) is 13.3 Å². The summed E-state index contributed by atoms with van der Waals surface area (Å²) in [6.45, 7) is 8.32. The predicted octanol–water partition coefficient (Wildman–Crippen LogP) is 0.353. The van der Waals surface area contributed by atoms with Crippen LogP contribution in [0.15, 0.2) is 0 Å². The van der Waals surface area contributed by atoms with E-state index in [9.17, 15) is 0 Å². The van der Waals surface area contributed by atoms with Crippen LogP contribution in [0.4, 0.5) is 0 Å². The Kier molecular flexibility index (Phi) is 21.0. The molecular formula is C9H24N2O2. The highest BCUT2D eigenvalue weighted by atomic mass is 16.5. The molecule has 0 saturated carbocycles. The van der Waals surface area contributed by atoms with Crippen LogP contribution in [-0.2, 0) is 9.47 Å². The first-order chi connectivity index (χ1) is 6.33. The highest BCUT2D eigenvalue weighted by molar-refractivity contribution is 4.29. The summed E-state index contributed by atoms with van der Waals surface area (Å²) in [5, 5.41) is 0. The molecule has 4 nitrogen and oxygen atoms in total. The smallest absolute Gasteiger partial charge is 0.0588 e. The molecule has 0 radical (unpaired) electrons. The van der Waals surface area contributed by atoms with Gasteiger partial charge in [-0.3, -0.25) is 0 Å². The second kappa shape index (κ2) is 17.8. The average molecular weight is 192 g/mol. The maximum Gasteiger partial charge on any atom is 0.0588 e. The van der Waals surface area contributed by atoms with Crippen molar-refractivity contribution in [3.63, 3.8) is 0 Å². The Bertz CT molecular complexity index is 64.6. The molecule has 0 spiro atoms. The van der Waals surface area contributed by atoms with E-state index in [4.69, 9.17) is 20.9 Å². The van der Waals surface area contributed by atoms with Crippen LogP contribution in [0.3, 0.4) is 0 Å². The molecule has 0 heterocycles. The van der Waals surface area contributed by atoms with Crippen LogP contribution in [-0.4, -0.2) is 39.5 Å². The maximum absolute atomic E-state index is 5.14. The molecule has 0 bridgehead atoms. The third kappa shape index (κ3) is 24.5. The van der Waals surface area contributed by atoms with Crippen LogP contribution in [0.25, 0.3) is 0 Å². The lowest BCUT2D eigenvalue weighted by atomic mass is 10.5. The van der Waals surface area contributed by atoms with Gasteiger partial charge in [-0.2, -0.15) is 0 Å². The molecule has 0 aromatic heterocycles. The van der Waals surface area contributed by atoms with Crippen molar-refractivity contribution in [1.82, 2.24) is 0 Å². The zero-order valence-corrected chi connectivity index (χ0v) is 8.92. The SMILES string of the molecule is CCCOCCN.CCOCCN. The normalized spacial score (nSPS) is 9.23. The van der Waals surface area contributed by atoms with E-state index in [1.807, 2.05) is 6.92 Å². The van der Waals surface area contributed by atoms with Gasteiger partial charge in [-0.1, -0.05) is 6.92 Å². The Morgan fingerprint density at radius 1 is 0.846 bits per heavy atom. The third-order valence-corrected chi connectivity index (χ3v) is 1.08. The standard InChI is InChI=1S/C5H13NO.C4H11NO/c1-2-4-7-5-3-6;1-2-6-4-3-5/h2-6H2,1H3;2-5H2,1H3. The summed E-state index contributed by atoms with van der Waals surface area (Å²) < 4.78 is 9.86. The van der Waals surface area contributed by atoms with Crippen LogP contribution in [0, 0.1) is 0 Å². The van der Waals surface area contributed by atoms with E-state index in [0.29, 0.717) is 26.3 Å². The zero-order chi connectivity index (χ0) is 10.4. The van der Waals surface area contributed by atoms with Gasteiger partial charge < -0.3 is 20.9 Å². The molecule has 0 aliphatic carbocycles. The minimum atomic E-state index is 0.633. The molecule has 0 atom stereocenters. The van der Waals surface area contributed by atoms with E-state index in [-0.39, 0.29) is 0 Å². The Morgan fingerprint density at radius 2 is 1.38 bits per heavy atom. The van der Waals surface area contributed by atoms with Crippen molar-refractivity contribution in [2.75, 3.05) is 39.5 Å². The Labute approximate surface area is 81.6 Å². The van der Waals surface area contributed by atoms with Crippen LogP contribution in [0.1, 0.15) is 20.3 Å². The minimum absolute atomic E-state index is 0.633. The summed E-state index contributed by atoms with van der Waals surface area (Å²) in [5.74, 6) is 0. The van der Waals surface area contributed by atoms with Crippen molar-refractivity contribution in [3.05, 3.63) is 0 Å². The summed E-state index contributed by atoms with van der Waals surface area (Å²) in [6, 6.07) is 0. The van der Waals surface area contributed by atoms with Crippen LogP contribution < -0.4 is 11.5 Å². The summed E-state index contributed by atoms with van der Waals surface area (Å²) in [7, 11) is 0. The number of ether oxygens (including phenoxy) is 2. The highest BCUT2D eigenvalue weighted by Crippen LogP contribution is 1.75. The molecule has 0 aliphatic heterocycles. The molecule has 0 aromatic rings. The van der Waals surface area contributed by atoms with Crippen LogP contribution >= 0.6 is 0 Å². The lowest BCUT2D eigenvalue weighted by Gasteiger charge is -1.95. The first-order valence-corrected chi connectivity index (χ1v) is 4.89. The number of nitrogens with two attached hydrogens (primary N) is 2. The first-order valence-electron chi connectivity index (χ1n) is 4.89. The van der Waals surface area contributed by atoms with Gasteiger partial charge in [0.15, 0.2) is 0 Å².